The molecule has 0 aliphatic rings. The number of carboxylic acid groups (broad SMARTS) is 1. The Morgan fingerprint density at radius 1 is 1.48 bits per heavy atom. The molecule has 2 heterocycles. The summed E-state index contributed by atoms with van der Waals surface area (Å²) in [6, 6.07) is 1.45. The molecule has 0 fully saturated rings. The smallest absolute Gasteiger partial charge is 0.411 e. The zero-order chi connectivity index (χ0) is 15.5. The Kier molecular flexibility index (Phi) is 4.63. The van der Waals surface area contributed by atoms with E-state index in [1.807, 2.05) is 0 Å². The molecule has 0 amide bonds. The Bertz CT molecular complexity index is 621. The molecule has 0 aromatic carbocycles. The van der Waals surface area contributed by atoms with E-state index in [-0.39, 0.29) is 18.7 Å². The Balaban J connectivity index is 1.90. The molecular formula is C12H11F3N2O3S. The first-order valence-corrected chi connectivity index (χ1v) is 6.74. The van der Waals surface area contributed by atoms with Gasteiger partial charge in [-0.1, -0.05) is 0 Å². The van der Waals surface area contributed by atoms with Gasteiger partial charge in [-0.2, -0.15) is 13.2 Å². The molecule has 0 saturated heterocycles. The van der Waals surface area contributed by atoms with Crippen molar-refractivity contribution in [3.05, 3.63) is 28.3 Å². The van der Waals surface area contributed by atoms with Gasteiger partial charge >= 0.3 is 12.1 Å². The molecule has 2 rings (SSSR count). The van der Waals surface area contributed by atoms with Gasteiger partial charge in [0.05, 0.1) is 17.3 Å². The standard InChI is InChI=1S/C12H11F3N2O3S/c13-12(14,15)6-20-2-1-10-17-9(5-21-10)7-3-8(11(18)19)16-4-7/h3-5,16H,1-2,6H2,(H,18,19). The van der Waals surface area contributed by atoms with Crippen molar-refractivity contribution in [1.82, 2.24) is 9.97 Å². The maximum absolute atomic E-state index is 11.9. The third-order valence-electron chi connectivity index (χ3n) is 2.49. The van der Waals surface area contributed by atoms with Crippen LogP contribution >= 0.6 is 11.3 Å². The minimum atomic E-state index is -4.33. The van der Waals surface area contributed by atoms with Crippen molar-refractivity contribution < 1.29 is 27.8 Å². The SMILES string of the molecule is O=C(O)c1cc(-c2csc(CCOCC(F)(F)F)n2)c[nH]1. The molecule has 2 aromatic rings. The number of carboxylic acids is 1. The topological polar surface area (TPSA) is 75.2 Å². The first kappa shape index (κ1) is 15.5. The number of ether oxygens (including phenoxy) is 1. The highest BCUT2D eigenvalue weighted by Crippen LogP contribution is 2.23. The first-order chi connectivity index (χ1) is 9.85. The molecule has 0 aliphatic carbocycles. The van der Waals surface area contributed by atoms with Crippen LogP contribution in [0.4, 0.5) is 13.2 Å². The minimum absolute atomic E-state index is 0.0491. The monoisotopic (exact) mass is 320 g/mol. The van der Waals surface area contributed by atoms with Gasteiger partial charge in [-0.15, -0.1) is 11.3 Å². The second-order valence-corrected chi connectivity index (χ2v) is 5.09. The lowest BCUT2D eigenvalue weighted by Crippen LogP contribution is -2.17. The molecule has 0 unspecified atom stereocenters. The van der Waals surface area contributed by atoms with Crippen molar-refractivity contribution in [2.45, 2.75) is 12.6 Å². The summed E-state index contributed by atoms with van der Waals surface area (Å²) in [7, 11) is 0. The van der Waals surface area contributed by atoms with E-state index < -0.39 is 18.8 Å². The van der Waals surface area contributed by atoms with Crippen LogP contribution in [0.25, 0.3) is 11.3 Å². The molecule has 9 heteroatoms. The Labute approximate surface area is 121 Å². The van der Waals surface area contributed by atoms with Crippen molar-refractivity contribution >= 4 is 17.3 Å². The van der Waals surface area contributed by atoms with E-state index >= 15 is 0 Å². The van der Waals surface area contributed by atoms with Crippen LogP contribution in [0.15, 0.2) is 17.6 Å². The summed E-state index contributed by atoms with van der Waals surface area (Å²) in [4.78, 5) is 17.6. The van der Waals surface area contributed by atoms with E-state index in [0.29, 0.717) is 16.3 Å². The van der Waals surface area contributed by atoms with Gasteiger partial charge in [-0.3, -0.25) is 0 Å². The van der Waals surface area contributed by atoms with Crippen LogP contribution in [-0.4, -0.2) is 40.4 Å². The second kappa shape index (κ2) is 6.27. The average Bonchev–Trinajstić information content (AvgIpc) is 3.02. The largest absolute Gasteiger partial charge is 0.477 e. The van der Waals surface area contributed by atoms with E-state index in [1.165, 1.54) is 23.6 Å². The van der Waals surface area contributed by atoms with Crippen molar-refractivity contribution in [1.29, 1.82) is 0 Å². The van der Waals surface area contributed by atoms with E-state index in [1.54, 1.807) is 5.38 Å². The van der Waals surface area contributed by atoms with Gasteiger partial charge in [0.1, 0.15) is 12.3 Å². The number of rotatable bonds is 6. The lowest BCUT2D eigenvalue weighted by atomic mass is 10.2. The van der Waals surface area contributed by atoms with Gasteiger partial charge in [0.25, 0.3) is 0 Å². The molecular weight excluding hydrogens is 309 g/mol. The number of halogens is 3. The van der Waals surface area contributed by atoms with Gasteiger partial charge in [0.15, 0.2) is 0 Å². The molecule has 0 radical (unpaired) electrons. The molecule has 2 N–H and O–H groups in total. The Morgan fingerprint density at radius 2 is 2.24 bits per heavy atom. The van der Waals surface area contributed by atoms with Gasteiger partial charge in [0, 0.05) is 23.6 Å². The Hall–Kier alpha value is -1.87. The van der Waals surface area contributed by atoms with Gasteiger partial charge < -0.3 is 14.8 Å². The molecule has 5 nitrogen and oxygen atoms in total. The Morgan fingerprint density at radius 3 is 2.86 bits per heavy atom. The molecule has 2 aromatic heterocycles. The van der Waals surface area contributed by atoms with Crippen molar-refractivity contribution in [2.75, 3.05) is 13.2 Å². The van der Waals surface area contributed by atoms with Crippen LogP contribution in [-0.2, 0) is 11.2 Å². The molecule has 21 heavy (non-hydrogen) atoms. The molecule has 114 valence electrons. The first-order valence-electron chi connectivity index (χ1n) is 5.86. The second-order valence-electron chi connectivity index (χ2n) is 4.15. The molecule has 0 saturated carbocycles. The van der Waals surface area contributed by atoms with E-state index in [9.17, 15) is 18.0 Å². The van der Waals surface area contributed by atoms with Crippen molar-refractivity contribution in [2.24, 2.45) is 0 Å². The summed E-state index contributed by atoms with van der Waals surface area (Å²) >= 11 is 1.29. The molecule has 0 aliphatic heterocycles. The van der Waals surface area contributed by atoms with E-state index in [4.69, 9.17) is 5.11 Å². The molecule has 0 atom stereocenters. The van der Waals surface area contributed by atoms with E-state index in [0.717, 1.165) is 0 Å². The van der Waals surface area contributed by atoms with Gasteiger partial charge in [-0.05, 0) is 6.07 Å². The predicted octanol–water partition coefficient (Wildman–Crippen LogP) is 2.96. The zero-order valence-corrected chi connectivity index (χ0v) is 11.4. The maximum Gasteiger partial charge on any atom is 0.411 e. The van der Waals surface area contributed by atoms with Crippen molar-refractivity contribution in [3.8, 4) is 11.3 Å². The van der Waals surface area contributed by atoms with Crippen LogP contribution in [0.3, 0.4) is 0 Å². The highest BCUT2D eigenvalue weighted by atomic mass is 32.1. The number of hydrogen-bond donors (Lipinski definition) is 2. The highest BCUT2D eigenvalue weighted by molar-refractivity contribution is 7.09. The quantitative estimate of drug-likeness (QED) is 0.803. The third-order valence-corrected chi connectivity index (χ3v) is 3.40. The predicted molar refractivity (Wildman–Crippen MR) is 69.4 cm³/mol. The summed E-state index contributed by atoms with van der Waals surface area (Å²) < 4.78 is 40.2. The fourth-order valence-corrected chi connectivity index (χ4v) is 2.36. The number of hydrogen-bond acceptors (Lipinski definition) is 4. The van der Waals surface area contributed by atoms with Crippen LogP contribution in [0.1, 0.15) is 15.5 Å². The summed E-state index contributed by atoms with van der Waals surface area (Å²) in [5, 5.41) is 11.1. The highest BCUT2D eigenvalue weighted by Gasteiger charge is 2.27. The average molecular weight is 320 g/mol. The number of nitrogens with zero attached hydrogens (tertiary/aromatic N) is 1. The lowest BCUT2D eigenvalue weighted by molar-refractivity contribution is -0.173. The fraction of sp³-hybridized carbons (Fsp3) is 0.333. The minimum Gasteiger partial charge on any atom is -0.477 e. The van der Waals surface area contributed by atoms with Crippen LogP contribution in [0.2, 0.25) is 0 Å². The van der Waals surface area contributed by atoms with E-state index in [2.05, 4.69) is 14.7 Å². The van der Waals surface area contributed by atoms with Crippen LogP contribution in [0, 0.1) is 0 Å². The lowest BCUT2D eigenvalue weighted by Gasteiger charge is -2.06. The third kappa shape index (κ3) is 4.57. The number of aromatic carboxylic acids is 1. The van der Waals surface area contributed by atoms with Gasteiger partial charge in [-0.25, -0.2) is 9.78 Å². The number of aromatic nitrogens is 2. The molecule has 0 spiro atoms. The number of H-pyrrole nitrogens is 1. The maximum atomic E-state index is 11.9. The summed E-state index contributed by atoms with van der Waals surface area (Å²) in [6.45, 7) is -1.34. The summed E-state index contributed by atoms with van der Waals surface area (Å²) in [5.74, 6) is -1.07. The summed E-state index contributed by atoms with van der Waals surface area (Å²) in [6.07, 6.45) is -2.54. The summed E-state index contributed by atoms with van der Waals surface area (Å²) in [5.41, 5.74) is 1.24. The van der Waals surface area contributed by atoms with Crippen molar-refractivity contribution in [3.63, 3.8) is 0 Å². The fourth-order valence-electron chi connectivity index (χ4n) is 1.57. The molecule has 0 bridgehead atoms. The van der Waals surface area contributed by atoms with Gasteiger partial charge in [0.2, 0.25) is 0 Å². The van der Waals surface area contributed by atoms with Crippen LogP contribution < -0.4 is 0 Å². The normalized spacial score (nSPS) is 11.8. The number of nitrogens with one attached hydrogen (secondary N) is 1. The number of carbonyl (C=O) groups is 1. The zero-order valence-electron chi connectivity index (χ0n) is 10.6. The van der Waals surface area contributed by atoms with Crippen LogP contribution in [0.5, 0.6) is 0 Å². The number of alkyl halides is 3. The number of thiazole rings is 1. The number of aromatic amines is 1.